The van der Waals surface area contributed by atoms with Crippen LogP contribution >= 0.6 is 0 Å². The maximum atomic E-state index is 4.40. The molecule has 0 spiro atoms. The molecule has 132 valence electrons. The first-order valence-electron chi connectivity index (χ1n) is 9.29. The number of aryl methyl sites for hydroxylation is 1. The molecule has 2 heterocycles. The summed E-state index contributed by atoms with van der Waals surface area (Å²) >= 11 is 0. The molecular formula is C23H20N4. The summed E-state index contributed by atoms with van der Waals surface area (Å²) in [5, 5.41) is 11.3. The van der Waals surface area contributed by atoms with Crippen molar-refractivity contribution in [3.8, 4) is 11.3 Å². The Morgan fingerprint density at radius 1 is 0.815 bits per heavy atom. The Morgan fingerprint density at radius 2 is 1.59 bits per heavy atom. The van der Waals surface area contributed by atoms with Crippen molar-refractivity contribution in [1.82, 2.24) is 19.6 Å². The van der Waals surface area contributed by atoms with Crippen molar-refractivity contribution in [2.24, 2.45) is 0 Å². The van der Waals surface area contributed by atoms with Gasteiger partial charge >= 0.3 is 0 Å². The monoisotopic (exact) mass is 352 g/mol. The molecule has 0 unspecified atom stereocenters. The lowest BCUT2D eigenvalue weighted by atomic mass is 10.1. The van der Waals surface area contributed by atoms with Crippen LogP contribution in [-0.2, 0) is 13.1 Å². The van der Waals surface area contributed by atoms with E-state index in [1.165, 1.54) is 27.4 Å². The SMILES string of the molecule is CCn1c2ccccc2c2cc(-c3cn(Cc4ccccc4)nn3)ccc21. The molecule has 4 nitrogen and oxygen atoms in total. The van der Waals surface area contributed by atoms with Crippen molar-refractivity contribution in [2.75, 3.05) is 0 Å². The predicted molar refractivity (Wildman–Crippen MR) is 110 cm³/mol. The van der Waals surface area contributed by atoms with Gasteiger partial charge in [0.2, 0.25) is 0 Å². The van der Waals surface area contributed by atoms with Gasteiger partial charge < -0.3 is 4.57 Å². The van der Waals surface area contributed by atoms with Crippen LogP contribution in [0.25, 0.3) is 33.1 Å². The minimum atomic E-state index is 0.727. The molecule has 5 aromatic rings. The van der Waals surface area contributed by atoms with E-state index in [9.17, 15) is 0 Å². The number of rotatable bonds is 4. The number of hydrogen-bond donors (Lipinski definition) is 0. The van der Waals surface area contributed by atoms with E-state index in [0.29, 0.717) is 0 Å². The fraction of sp³-hybridized carbons (Fsp3) is 0.130. The summed E-state index contributed by atoms with van der Waals surface area (Å²) in [6.07, 6.45) is 2.02. The van der Waals surface area contributed by atoms with Gasteiger partial charge in [-0.1, -0.05) is 59.8 Å². The van der Waals surface area contributed by atoms with Gasteiger partial charge in [-0.25, -0.2) is 4.68 Å². The minimum Gasteiger partial charge on any atom is -0.341 e. The highest BCUT2D eigenvalue weighted by atomic mass is 15.4. The lowest BCUT2D eigenvalue weighted by Crippen LogP contribution is -1.99. The second-order valence-electron chi connectivity index (χ2n) is 6.78. The van der Waals surface area contributed by atoms with Crippen molar-refractivity contribution in [1.29, 1.82) is 0 Å². The maximum absolute atomic E-state index is 4.40. The van der Waals surface area contributed by atoms with E-state index in [1.54, 1.807) is 0 Å². The lowest BCUT2D eigenvalue weighted by Gasteiger charge is -2.03. The Hall–Kier alpha value is -3.40. The molecule has 4 heteroatoms. The van der Waals surface area contributed by atoms with E-state index >= 15 is 0 Å². The molecule has 2 aromatic heterocycles. The largest absolute Gasteiger partial charge is 0.341 e. The quantitative estimate of drug-likeness (QED) is 0.450. The summed E-state index contributed by atoms with van der Waals surface area (Å²) < 4.78 is 4.25. The van der Waals surface area contributed by atoms with E-state index in [-0.39, 0.29) is 0 Å². The van der Waals surface area contributed by atoms with Crippen molar-refractivity contribution in [3.63, 3.8) is 0 Å². The zero-order valence-corrected chi connectivity index (χ0v) is 15.2. The minimum absolute atomic E-state index is 0.727. The Kier molecular flexibility index (Phi) is 3.75. The van der Waals surface area contributed by atoms with Crippen LogP contribution in [0.1, 0.15) is 12.5 Å². The first-order valence-corrected chi connectivity index (χ1v) is 9.29. The van der Waals surface area contributed by atoms with E-state index < -0.39 is 0 Å². The molecule has 3 aromatic carbocycles. The summed E-state index contributed by atoms with van der Waals surface area (Å²) in [4.78, 5) is 0. The van der Waals surface area contributed by atoms with E-state index in [2.05, 4.69) is 76.4 Å². The standard InChI is InChI=1S/C23H20N4/c1-2-27-22-11-7-6-10-19(22)20-14-18(12-13-23(20)27)21-16-26(25-24-21)15-17-8-4-3-5-9-17/h3-14,16H,2,15H2,1H3. The van der Waals surface area contributed by atoms with Gasteiger partial charge in [0.25, 0.3) is 0 Å². The van der Waals surface area contributed by atoms with Gasteiger partial charge in [0, 0.05) is 33.9 Å². The maximum Gasteiger partial charge on any atom is 0.113 e. The first kappa shape index (κ1) is 15.8. The van der Waals surface area contributed by atoms with Crippen LogP contribution in [0.3, 0.4) is 0 Å². The average Bonchev–Trinajstić information content (AvgIpc) is 3.30. The van der Waals surface area contributed by atoms with Gasteiger partial charge in [0.15, 0.2) is 0 Å². The van der Waals surface area contributed by atoms with Crippen LogP contribution in [0.4, 0.5) is 0 Å². The molecule has 0 aliphatic carbocycles. The molecule has 0 amide bonds. The van der Waals surface area contributed by atoms with Crippen LogP contribution in [0.2, 0.25) is 0 Å². The van der Waals surface area contributed by atoms with Crippen molar-refractivity contribution in [3.05, 3.63) is 84.6 Å². The number of para-hydroxylation sites is 1. The highest BCUT2D eigenvalue weighted by Gasteiger charge is 2.12. The summed E-state index contributed by atoms with van der Waals surface area (Å²) in [5.41, 5.74) is 5.76. The van der Waals surface area contributed by atoms with Gasteiger partial charge in [-0.3, -0.25) is 0 Å². The molecule has 0 saturated heterocycles. The van der Waals surface area contributed by atoms with Crippen LogP contribution < -0.4 is 0 Å². The normalized spacial score (nSPS) is 11.4. The third-order valence-corrected chi connectivity index (χ3v) is 5.11. The molecule has 0 bridgehead atoms. The Morgan fingerprint density at radius 3 is 2.44 bits per heavy atom. The number of aromatic nitrogens is 4. The third-order valence-electron chi connectivity index (χ3n) is 5.11. The predicted octanol–water partition coefficient (Wildman–Crippen LogP) is 5.12. The van der Waals surface area contributed by atoms with Crippen LogP contribution in [-0.4, -0.2) is 19.6 Å². The van der Waals surface area contributed by atoms with Crippen molar-refractivity contribution >= 4 is 21.8 Å². The van der Waals surface area contributed by atoms with Crippen LogP contribution in [0.5, 0.6) is 0 Å². The van der Waals surface area contributed by atoms with Crippen molar-refractivity contribution in [2.45, 2.75) is 20.0 Å². The molecule has 0 saturated carbocycles. The number of hydrogen-bond acceptors (Lipinski definition) is 2. The second-order valence-corrected chi connectivity index (χ2v) is 6.78. The fourth-order valence-corrected chi connectivity index (χ4v) is 3.83. The zero-order chi connectivity index (χ0) is 18.2. The first-order chi connectivity index (χ1) is 13.3. The molecule has 5 rings (SSSR count). The topological polar surface area (TPSA) is 35.6 Å². The van der Waals surface area contributed by atoms with Gasteiger partial charge in [-0.15, -0.1) is 5.10 Å². The number of nitrogens with zero attached hydrogens (tertiary/aromatic N) is 4. The highest BCUT2D eigenvalue weighted by Crippen LogP contribution is 2.32. The van der Waals surface area contributed by atoms with Gasteiger partial charge in [-0.05, 0) is 30.7 Å². The van der Waals surface area contributed by atoms with E-state index in [4.69, 9.17) is 0 Å². The van der Waals surface area contributed by atoms with Gasteiger partial charge in [0.1, 0.15) is 5.69 Å². The second kappa shape index (κ2) is 6.40. The summed E-state index contributed by atoms with van der Waals surface area (Å²) in [6, 6.07) is 25.5. The van der Waals surface area contributed by atoms with Crippen LogP contribution in [0.15, 0.2) is 79.0 Å². The van der Waals surface area contributed by atoms with Gasteiger partial charge in [0.05, 0.1) is 12.7 Å². The zero-order valence-electron chi connectivity index (χ0n) is 15.2. The molecule has 0 radical (unpaired) electrons. The van der Waals surface area contributed by atoms with E-state index in [1.807, 2.05) is 29.1 Å². The fourth-order valence-electron chi connectivity index (χ4n) is 3.83. The Balaban J connectivity index is 1.57. The lowest BCUT2D eigenvalue weighted by molar-refractivity contribution is 0.650. The number of benzene rings is 3. The summed E-state index contributed by atoms with van der Waals surface area (Å²) in [7, 11) is 0. The number of fused-ring (bicyclic) bond motifs is 3. The molecule has 0 aliphatic rings. The molecule has 27 heavy (non-hydrogen) atoms. The average molecular weight is 352 g/mol. The molecule has 0 N–H and O–H groups in total. The van der Waals surface area contributed by atoms with Crippen LogP contribution in [0, 0.1) is 0 Å². The Labute approximate surface area is 157 Å². The molecule has 0 atom stereocenters. The summed E-state index contributed by atoms with van der Waals surface area (Å²) in [5.74, 6) is 0. The van der Waals surface area contributed by atoms with Crippen molar-refractivity contribution < 1.29 is 0 Å². The molecule has 0 aliphatic heterocycles. The third kappa shape index (κ3) is 2.70. The highest BCUT2D eigenvalue weighted by molar-refractivity contribution is 6.09. The Bertz CT molecular complexity index is 1230. The molecule has 0 fully saturated rings. The van der Waals surface area contributed by atoms with E-state index in [0.717, 1.165) is 24.3 Å². The summed E-state index contributed by atoms with van der Waals surface area (Å²) in [6.45, 7) is 3.87. The molecular weight excluding hydrogens is 332 g/mol. The smallest absolute Gasteiger partial charge is 0.113 e. The van der Waals surface area contributed by atoms with Gasteiger partial charge in [-0.2, -0.15) is 0 Å².